The van der Waals surface area contributed by atoms with Crippen LogP contribution in [-0.4, -0.2) is 24.9 Å². The molecule has 8 heteroatoms. The number of fused-ring (bicyclic) bond motifs is 2. The second kappa shape index (κ2) is 7.71. The minimum atomic E-state index is -4.29. The molecule has 144 valence electrons. The van der Waals surface area contributed by atoms with E-state index in [1.54, 1.807) is 0 Å². The quantitative estimate of drug-likeness (QED) is 0.391. The van der Waals surface area contributed by atoms with Crippen LogP contribution in [0.1, 0.15) is 32.6 Å². The van der Waals surface area contributed by atoms with Gasteiger partial charge in [0, 0.05) is 17.9 Å². The molecule has 0 heterocycles. The minimum absolute atomic E-state index is 0.0520. The summed E-state index contributed by atoms with van der Waals surface area (Å²) in [6.45, 7) is 2.09. The first kappa shape index (κ1) is 19.4. The Bertz CT molecular complexity index is 887. The number of nitrogens with one attached hydrogen (secondary N) is 2. The van der Waals surface area contributed by atoms with E-state index in [1.807, 2.05) is 6.07 Å². The molecule has 27 heavy (non-hydrogen) atoms. The number of benzene rings is 1. The van der Waals surface area contributed by atoms with Crippen LogP contribution in [0.2, 0.25) is 0 Å². The molecular weight excluding hydrogens is 366 g/mol. The fourth-order valence-electron chi connectivity index (χ4n) is 4.30. The van der Waals surface area contributed by atoms with Crippen molar-refractivity contribution < 1.29 is 17.8 Å². The predicted octanol–water partition coefficient (Wildman–Crippen LogP) is 2.69. The molecule has 3 N–H and O–H groups in total. The molecule has 4 unspecified atom stereocenters. The van der Waals surface area contributed by atoms with Crippen molar-refractivity contribution in [3.05, 3.63) is 36.0 Å². The third-order valence-corrected chi connectivity index (χ3v) is 6.57. The van der Waals surface area contributed by atoms with Crippen LogP contribution in [0.15, 0.2) is 40.9 Å². The predicted molar refractivity (Wildman–Crippen MR) is 100 cm³/mol. The van der Waals surface area contributed by atoms with Crippen molar-refractivity contribution in [3.63, 3.8) is 0 Å². The van der Waals surface area contributed by atoms with Crippen LogP contribution in [0.5, 0.6) is 0 Å². The van der Waals surface area contributed by atoms with Crippen LogP contribution in [-0.2, 0) is 14.9 Å². The number of hydrogen-bond donors (Lipinski definition) is 3. The van der Waals surface area contributed by atoms with Gasteiger partial charge in [0.2, 0.25) is 0 Å². The summed E-state index contributed by atoms with van der Waals surface area (Å²) in [5.74, 6) is 1.57. The Balaban J connectivity index is 1.60. The van der Waals surface area contributed by atoms with Gasteiger partial charge in [0.05, 0.1) is 4.90 Å². The van der Waals surface area contributed by atoms with E-state index < -0.39 is 16.0 Å². The topological polar surface area (TPSA) is 119 Å². The number of amides is 1. The molecule has 2 aliphatic carbocycles. The van der Waals surface area contributed by atoms with Gasteiger partial charge in [-0.25, -0.2) is 0 Å². The highest BCUT2D eigenvalue weighted by Crippen LogP contribution is 2.49. The average Bonchev–Trinajstić information content (AvgIpc) is 3.25. The van der Waals surface area contributed by atoms with E-state index in [4.69, 9.17) is 4.55 Å². The minimum Gasteiger partial charge on any atom is -0.387 e. The number of rotatable bonds is 6. The maximum atomic E-state index is 12.3. The maximum absolute atomic E-state index is 12.3. The molecule has 2 aliphatic rings. The summed E-state index contributed by atoms with van der Waals surface area (Å²) in [6.07, 6.45) is 6.56. The van der Waals surface area contributed by atoms with Gasteiger partial charge in [-0.3, -0.25) is 9.35 Å². The Kier molecular flexibility index (Phi) is 5.53. The molecule has 0 spiro atoms. The molecule has 2 fully saturated rings. The lowest BCUT2D eigenvalue weighted by Gasteiger charge is -2.28. The Labute approximate surface area is 159 Å². The van der Waals surface area contributed by atoms with Gasteiger partial charge in [-0.05, 0) is 68.2 Å². The number of nitrogens with zero attached hydrogens (tertiary/aromatic N) is 1. The van der Waals surface area contributed by atoms with Gasteiger partial charge in [0.15, 0.2) is 0 Å². The van der Waals surface area contributed by atoms with E-state index in [0.29, 0.717) is 11.6 Å². The SMILES string of the molecule is CC(N/C=C(/C#N)C(=O)Nc1ccc(S(=O)(=O)O)cc1)C1CC2CCC1C2. The first-order valence-electron chi connectivity index (χ1n) is 9.03. The number of carbonyl (C=O) groups excluding carboxylic acids is 1. The molecule has 2 saturated carbocycles. The largest absolute Gasteiger partial charge is 0.387 e. The second-order valence-electron chi connectivity index (χ2n) is 7.42. The van der Waals surface area contributed by atoms with Gasteiger partial charge in [-0.15, -0.1) is 0 Å². The Morgan fingerprint density at radius 3 is 2.52 bits per heavy atom. The molecule has 1 aromatic carbocycles. The summed E-state index contributed by atoms with van der Waals surface area (Å²) in [5.41, 5.74) is 0.276. The van der Waals surface area contributed by atoms with Crippen LogP contribution < -0.4 is 10.6 Å². The van der Waals surface area contributed by atoms with Crippen LogP contribution in [0, 0.1) is 29.1 Å². The molecule has 0 radical (unpaired) electrons. The van der Waals surface area contributed by atoms with Crippen LogP contribution in [0.3, 0.4) is 0 Å². The van der Waals surface area contributed by atoms with Gasteiger partial charge in [-0.2, -0.15) is 13.7 Å². The molecule has 1 amide bonds. The van der Waals surface area contributed by atoms with Crippen LogP contribution >= 0.6 is 0 Å². The highest BCUT2D eigenvalue weighted by Gasteiger charge is 2.41. The van der Waals surface area contributed by atoms with Crippen molar-refractivity contribution in [2.24, 2.45) is 17.8 Å². The monoisotopic (exact) mass is 389 g/mol. The van der Waals surface area contributed by atoms with Crippen LogP contribution in [0.4, 0.5) is 5.69 Å². The van der Waals surface area contributed by atoms with Crippen molar-refractivity contribution in [1.29, 1.82) is 5.26 Å². The summed E-state index contributed by atoms with van der Waals surface area (Å²) in [4.78, 5) is 12.0. The van der Waals surface area contributed by atoms with E-state index in [1.165, 1.54) is 56.1 Å². The Hall–Kier alpha value is -2.37. The fraction of sp³-hybridized carbons (Fsp3) is 0.474. The van der Waals surface area contributed by atoms with Gasteiger partial charge in [0.25, 0.3) is 16.0 Å². The second-order valence-corrected chi connectivity index (χ2v) is 8.84. The number of hydrogen-bond acceptors (Lipinski definition) is 5. The number of nitriles is 1. The third-order valence-electron chi connectivity index (χ3n) is 5.70. The molecule has 4 atom stereocenters. The summed E-state index contributed by atoms with van der Waals surface area (Å²) in [7, 11) is -4.29. The molecule has 7 nitrogen and oxygen atoms in total. The van der Waals surface area contributed by atoms with Crippen molar-refractivity contribution >= 4 is 21.7 Å². The molecule has 0 aliphatic heterocycles. The standard InChI is InChI=1S/C19H23N3O4S/c1-12(18-9-13-2-3-14(18)8-13)21-11-15(10-20)19(23)22-16-4-6-17(7-5-16)27(24,25)26/h4-7,11-14,18,21H,2-3,8-9H2,1H3,(H,22,23)(H,24,25,26)/b15-11-. The first-order chi connectivity index (χ1) is 12.8. The summed E-state index contributed by atoms with van der Waals surface area (Å²) in [5, 5.41) is 15.0. The van der Waals surface area contributed by atoms with Gasteiger partial charge >= 0.3 is 0 Å². The average molecular weight is 389 g/mol. The number of anilines is 1. The van der Waals surface area contributed by atoms with Crippen molar-refractivity contribution in [2.75, 3.05) is 5.32 Å². The third kappa shape index (κ3) is 4.49. The fourth-order valence-corrected chi connectivity index (χ4v) is 4.78. The zero-order valence-corrected chi connectivity index (χ0v) is 15.9. The van der Waals surface area contributed by atoms with E-state index in [2.05, 4.69) is 17.6 Å². The van der Waals surface area contributed by atoms with Gasteiger partial charge in [0.1, 0.15) is 11.6 Å². The Morgan fingerprint density at radius 2 is 2.00 bits per heavy atom. The van der Waals surface area contributed by atoms with Crippen molar-refractivity contribution in [2.45, 2.75) is 43.5 Å². The van der Waals surface area contributed by atoms with Gasteiger partial charge in [-0.1, -0.05) is 6.42 Å². The molecule has 0 aromatic heterocycles. The van der Waals surface area contributed by atoms with E-state index in [-0.39, 0.29) is 16.5 Å². The summed E-state index contributed by atoms with van der Waals surface area (Å²) >= 11 is 0. The van der Waals surface area contributed by atoms with E-state index in [0.717, 1.165) is 11.8 Å². The summed E-state index contributed by atoms with van der Waals surface area (Å²) < 4.78 is 31.0. The lowest BCUT2D eigenvalue weighted by atomic mass is 9.84. The molecule has 2 bridgehead atoms. The molecule has 0 saturated heterocycles. The van der Waals surface area contributed by atoms with Gasteiger partial charge < -0.3 is 10.6 Å². The zero-order valence-electron chi connectivity index (χ0n) is 15.1. The lowest BCUT2D eigenvalue weighted by molar-refractivity contribution is -0.112. The van der Waals surface area contributed by atoms with Crippen LogP contribution in [0.25, 0.3) is 0 Å². The normalized spacial score (nSPS) is 25.7. The molecule has 3 rings (SSSR count). The summed E-state index contributed by atoms with van der Waals surface area (Å²) in [6, 6.07) is 7.14. The molecular formula is C19H23N3O4S. The van der Waals surface area contributed by atoms with E-state index >= 15 is 0 Å². The van der Waals surface area contributed by atoms with Crippen molar-refractivity contribution in [1.82, 2.24) is 5.32 Å². The van der Waals surface area contributed by atoms with Crippen molar-refractivity contribution in [3.8, 4) is 6.07 Å². The number of carbonyl (C=O) groups is 1. The molecule has 1 aromatic rings. The van der Waals surface area contributed by atoms with E-state index in [9.17, 15) is 18.5 Å². The lowest BCUT2D eigenvalue weighted by Crippen LogP contribution is -2.33. The zero-order chi connectivity index (χ0) is 19.6. The first-order valence-corrected chi connectivity index (χ1v) is 10.5. The highest BCUT2D eigenvalue weighted by atomic mass is 32.2. The Morgan fingerprint density at radius 1 is 1.30 bits per heavy atom. The highest BCUT2D eigenvalue weighted by molar-refractivity contribution is 7.85. The maximum Gasteiger partial charge on any atom is 0.294 e. The smallest absolute Gasteiger partial charge is 0.294 e.